The van der Waals surface area contributed by atoms with Crippen LogP contribution in [-0.2, 0) is 20.9 Å². The quantitative estimate of drug-likeness (QED) is 0.661. The molecule has 1 saturated heterocycles. The van der Waals surface area contributed by atoms with E-state index in [1.165, 1.54) is 16.7 Å². The van der Waals surface area contributed by atoms with Crippen LogP contribution in [0.15, 0.2) is 47.4 Å². The first-order valence-electron chi connectivity index (χ1n) is 11.6. The average molecular weight is 482 g/mol. The molecule has 34 heavy (non-hydrogen) atoms. The summed E-state index contributed by atoms with van der Waals surface area (Å²) < 4.78 is 10.7. The fourth-order valence-corrected chi connectivity index (χ4v) is 5.63. The summed E-state index contributed by atoms with van der Waals surface area (Å²) >= 11 is 1.29. The number of anilines is 1. The zero-order valence-corrected chi connectivity index (χ0v) is 19.6. The number of nitrogens with one attached hydrogen (secondary N) is 1. The lowest BCUT2D eigenvalue weighted by atomic mass is 10.2. The third-order valence-corrected chi connectivity index (χ3v) is 7.50. The Morgan fingerprint density at radius 3 is 2.59 bits per heavy atom. The van der Waals surface area contributed by atoms with E-state index in [0.29, 0.717) is 36.8 Å². The molecule has 3 aliphatic heterocycles. The highest BCUT2D eigenvalue weighted by atomic mass is 32.2. The maximum absolute atomic E-state index is 13.4. The van der Waals surface area contributed by atoms with Crippen LogP contribution in [0.5, 0.6) is 11.5 Å². The zero-order chi connectivity index (χ0) is 23.5. The highest BCUT2D eigenvalue weighted by Crippen LogP contribution is 2.40. The molecule has 1 atom stereocenters. The second-order valence-corrected chi connectivity index (χ2v) is 9.74. The van der Waals surface area contributed by atoms with E-state index in [1.807, 2.05) is 47.4 Å². The molecule has 3 amide bonds. The molecule has 0 spiro atoms. The fourth-order valence-electron chi connectivity index (χ4n) is 4.44. The van der Waals surface area contributed by atoms with Crippen molar-refractivity contribution in [3.63, 3.8) is 0 Å². The number of likely N-dealkylation sites (tertiary alicyclic amines) is 1. The number of ether oxygens (including phenoxy) is 2. The van der Waals surface area contributed by atoms with E-state index in [4.69, 9.17) is 9.47 Å². The van der Waals surface area contributed by atoms with Gasteiger partial charge in [0.25, 0.3) is 5.91 Å². The zero-order valence-electron chi connectivity index (χ0n) is 18.8. The summed E-state index contributed by atoms with van der Waals surface area (Å²) in [6.07, 6.45) is 4.13. The van der Waals surface area contributed by atoms with Gasteiger partial charge in [0.05, 0.1) is 5.69 Å². The predicted octanol–water partition coefficient (Wildman–Crippen LogP) is 2.94. The number of hydrogen-bond acceptors (Lipinski definition) is 6. The Morgan fingerprint density at radius 1 is 1.00 bits per heavy atom. The fraction of sp³-hybridized carbons (Fsp3) is 0.400. The lowest BCUT2D eigenvalue weighted by molar-refractivity contribution is -0.135. The molecule has 1 unspecified atom stereocenters. The monoisotopic (exact) mass is 481 g/mol. The van der Waals surface area contributed by atoms with Gasteiger partial charge in [-0.05, 0) is 42.7 Å². The molecule has 1 N–H and O–H groups in total. The summed E-state index contributed by atoms with van der Waals surface area (Å²) in [4.78, 5) is 43.7. The molecular formula is C25H27N3O5S. The normalized spacial score (nSPS) is 19.4. The molecule has 3 heterocycles. The van der Waals surface area contributed by atoms with Crippen molar-refractivity contribution >= 4 is 35.2 Å². The molecule has 0 aromatic heterocycles. The van der Waals surface area contributed by atoms with Crippen molar-refractivity contribution in [1.82, 2.24) is 10.2 Å². The SMILES string of the molecule is O=C(CN1C(=O)C(C(=O)N2CCCCCC2)Sc2ccccc21)NCc1ccc2c(c1)OCO2. The summed E-state index contributed by atoms with van der Waals surface area (Å²) in [6, 6.07) is 12.9. The summed E-state index contributed by atoms with van der Waals surface area (Å²) in [5.41, 5.74) is 1.53. The van der Waals surface area contributed by atoms with E-state index >= 15 is 0 Å². The van der Waals surface area contributed by atoms with E-state index in [9.17, 15) is 14.4 Å². The van der Waals surface area contributed by atoms with Gasteiger partial charge in [0, 0.05) is 24.5 Å². The third kappa shape index (κ3) is 4.70. The van der Waals surface area contributed by atoms with Crippen molar-refractivity contribution in [3.05, 3.63) is 48.0 Å². The number of carbonyl (C=O) groups is 3. The topological polar surface area (TPSA) is 88.2 Å². The van der Waals surface area contributed by atoms with E-state index in [1.54, 1.807) is 0 Å². The molecule has 0 radical (unpaired) electrons. The molecule has 2 aromatic rings. The number of benzene rings is 2. The van der Waals surface area contributed by atoms with E-state index in [-0.39, 0.29) is 31.1 Å². The number of fused-ring (bicyclic) bond motifs is 2. The Hall–Kier alpha value is -3.20. The first-order chi connectivity index (χ1) is 16.6. The van der Waals surface area contributed by atoms with Crippen LogP contribution in [0.3, 0.4) is 0 Å². The van der Waals surface area contributed by atoms with Crippen LogP contribution in [-0.4, -0.2) is 54.3 Å². The minimum atomic E-state index is -0.866. The van der Waals surface area contributed by atoms with Gasteiger partial charge < -0.3 is 24.6 Å². The van der Waals surface area contributed by atoms with Gasteiger partial charge in [-0.1, -0.05) is 31.0 Å². The van der Waals surface area contributed by atoms with E-state index in [2.05, 4.69) is 5.32 Å². The Morgan fingerprint density at radius 2 is 1.76 bits per heavy atom. The summed E-state index contributed by atoms with van der Waals surface area (Å²) in [6.45, 7) is 1.70. The number of para-hydroxylation sites is 1. The van der Waals surface area contributed by atoms with Crippen molar-refractivity contribution in [2.24, 2.45) is 0 Å². The van der Waals surface area contributed by atoms with Crippen molar-refractivity contribution in [2.75, 3.05) is 31.3 Å². The highest BCUT2D eigenvalue weighted by Gasteiger charge is 2.40. The van der Waals surface area contributed by atoms with Crippen LogP contribution in [0.25, 0.3) is 0 Å². The second-order valence-electron chi connectivity index (χ2n) is 8.59. The molecule has 9 heteroatoms. The number of hydrogen-bond donors (Lipinski definition) is 1. The lowest BCUT2D eigenvalue weighted by Crippen LogP contribution is -2.52. The van der Waals surface area contributed by atoms with Gasteiger partial charge in [0.2, 0.25) is 18.6 Å². The van der Waals surface area contributed by atoms with Crippen molar-refractivity contribution in [1.29, 1.82) is 0 Å². The van der Waals surface area contributed by atoms with Gasteiger partial charge in [0.15, 0.2) is 16.7 Å². The molecule has 0 bridgehead atoms. The Labute approximate surface area is 202 Å². The van der Waals surface area contributed by atoms with Gasteiger partial charge in [0.1, 0.15) is 6.54 Å². The summed E-state index contributed by atoms with van der Waals surface area (Å²) in [5, 5.41) is 2.01. The predicted molar refractivity (Wildman–Crippen MR) is 128 cm³/mol. The van der Waals surface area contributed by atoms with Crippen molar-refractivity contribution < 1.29 is 23.9 Å². The second kappa shape index (κ2) is 9.97. The van der Waals surface area contributed by atoms with Crippen LogP contribution < -0.4 is 19.7 Å². The highest BCUT2D eigenvalue weighted by molar-refractivity contribution is 8.01. The van der Waals surface area contributed by atoms with Crippen molar-refractivity contribution in [2.45, 2.75) is 42.4 Å². The molecule has 178 valence electrons. The summed E-state index contributed by atoms with van der Waals surface area (Å²) in [5.74, 6) is 0.545. The average Bonchev–Trinajstić information content (AvgIpc) is 3.15. The van der Waals surface area contributed by atoms with E-state index in [0.717, 1.165) is 36.1 Å². The maximum Gasteiger partial charge on any atom is 0.250 e. The number of carbonyl (C=O) groups excluding carboxylic acids is 3. The molecular weight excluding hydrogens is 454 g/mol. The molecule has 8 nitrogen and oxygen atoms in total. The van der Waals surface area contributed by atoms with Crippen molar-refractivity contribution in [3.8, 4) is 11.5 Å². The Kier molecular flexibility index (Phi) is 6.62. The molecule has 0 saturated carbocycles. The third-order valence-electron chi connectivity index (χ3n) is 6.26. The van der Waals surface area contributed by atoms with Crippen LogP contribution in [0.1, 0.15) is 31.2 Å². The largest absolute Gasteiger partial charge is 0.454 e. The van der Waals surface area contributed by atoms with E-state index < -0.39 is 5.25 Å². The Bertz CT molecular complexity index is 1100. The molecule has 2 aromatic carbocycles. The summed E-state index contributed by atoms with van der Waals surface area (Å²) in [7, 11) is 0. The molecule has 5 rings (SSSR count). The standard InChI is InChI=1S/C25H27N3O5S/c29-22(26-14-17-9-10-19-20(13-17)33-16-32-19)15-28-18-7-3-4-8-21(18)34-23(25(28)31)24(30)27-11-5-1-2-6-12-27/h3-4,7-10,13,23H,1-2,5-6,11-12,14-16H2,(H,26,29). The first-order valence-corrected chi connectivity index (χ1v) is 12.5. The maximum atomic E-state index is 13.4. The molecule has 1 fully saturated rings. The van der Waals surface area contributed by atoms with Crippen LogP contribution >= 0.6 is 11.8 Å². The molecule has 0 aliphatic carbocycles. The number of thioether (sulfide) groups is 1. The van der Waals surface area contributed by atoms with Gasteiger partial charge in [-0.2, -0.15) is 0 Å². The lowest BCUT2D eigenvalue weighted by Gasteiger charge is -2.34. The number of nitrogens with zero attached hydrogens (tertiary/aromatic N) is 2. The number of rotatable bonds is 5. The van der Waals surface area contributed by atoms with Gasteiger partial charge in [-0.25, -0.2) is 0 Å². The van der Waals surface area contributed by atoms with Gasteiger partial charge >= 0.3 is 0 Å². The first kappa shape index (κ1) is 22.6. The Balaban J connectivity index is 1.28. The van der Waals surface area contributed by atoms with Gasteiger partial charge in [-0.3, -0.25) is 14.4 Å². The van der Waals surface area contributed by atoms with Crippen LogP contribution in [0.4, 0.5) is 5.69 Å². The smallest absolute Gasteiger partial charge is 0.250 e. The molecule has 3 aliphatic rings. The minimum Gasteiger partial charge on any atom is -0.454 e. The minimum absolute atomic E-state index is 0.148. The van der Waals surface area contributed by atoms with Crippen LogP contribution in [0, 0.1) is 0 Å². The van der Waals surface area contributed by atoms with Gasteiger partial charge in [-0.15, -0.1) is 11.8 Å². The number of amides is 3. The van der Waals surface area contributed by atoms with Crippen LogP contribution in [0.2, 0.25) is 0 Å².